The highest BCUT2D eigenvalue weighted by molar-refractivity contribution is 5.75. The van der Waals surface area contributed by atoms with E-state index in [1.54, 1.807) is 0 Å². The molecule has 1 N–H and O–H groups in total. The molecule has 5 heteroatoms. The van der Waals surface area contributed by atoms with Crippen LogP contribution in [0, 0.1) is 12.8 Å². The Hall–Kier alpha value is -2.40. The van der Waals surface area contributed by atoms with Gasteiger partial charge in [0.05, 0.1) is 17.6 Å². The SMILES string of the molecule is Cc1ccnc(NC[C@@H]2CCN(Cc3nc4ccccc4n3C)C2)c1. The highest BCUT2D eigenvalue weighted by atomic mass is 15.2. The standard InChI is InChI=1S/C20H25N5/c1-15-7-9-21-19(11-15)22-12-16-8-10-25(13-16)14-20-23-17-5-3-4-6-18(17)24(20)2/h3-7,9,11,16H,8,10,12-14H2,1-2H3,(H,21,22)/t16-/m0/s1. The van der Waals surface area contributed by atoms with E-state index in [-0.39, 0.29) is 0 Å². The van der Waals surface area contributed by atoms with Gasteiger partial charge in [0.2, 0.25) is 0 Å². The van der Waals surface area contributed by atoms with Crippen molar-refractivity contribution in [2.75, 3.05) is 25.0 Å². The number of rotatable bonds is 5. The maximum Gasteiger partial charge on any atom is 0.126 e. The molecule has 0 aliphatic carbocycles. The van der Waals surface area contributed by atoms with Gasteiger partial charge >= 0.3 is 0 Å². The second-order valence-electron chi connectivity index (χ2n) is 7.06. The van der Waals surface area contributed by atoms with Crippen LogP contribution in [0.3, 0.4) is 0 Å². The topological polar surface area (TPSA) is 46.0 Å². The summed E-state index contributed by atoms with van der Waals surface area (Å²) in [4.78, 5) is 11.7. The van der Waals surface area contributed by atoms with Crippen molar-refractivity contribution in [3.8, 4) is 0 Å². The summed E-state index contributed by atoms with van der Waals surface area (Å²) in [5, 5.41) is 3.49. The normalized spacial score (nSPS) is 18.1. The predicted octanol–water partition coefficient (Wildman–Crippen LogP) is 3.21. The molecular weight excluding hydrogens is 310 g/mol. The Morgan fingerprint density at radius 2 is 2.12 bits per heavy atom. The molecule has 25 heavy (non-hydrogen) atoms. The number of imidazole rings is 1. The molecule has 1 aliphatic rings. The second kappa shape index (κ2) is 6.84. The van der Waals surface area contributed by atoms with E-state index in [1.807, 2.05) is 12.3 Å². The number of likely N-dealkylation sites (tertiary alicyclic amines) is 1. The third-order valence-corrected chi connectivity index (χ3v) is 5.10. The van der Waals surface area contributed by atoms with Crippen LogP contribution in [0.5, 0.6) is 0 Å². The minimum Gasteiger partial charge on any atom is -0.370 e. The molecule has 2 aromatic heterocycles. The van der Waals surface area contributed by atoms with Crippen LogP contribution in [0.15, 0.2) is 42.6 Å². The molecule has 0 amide bonds. The number of pyridine rings is 1. The zero-order valence-electron chi connectivity index (χ0n) is 14.9. The number of benzene rings is 1. The van der Waals surface area contributed by atoms with Crippen LogP contribution in [0.25, 0.3) is 11.0 Å². The number of aromatic nitrogens is 3. The zero-order chi connectivity index (χ0) is 17.2. The van der Waals surface area contributed by atoms with Crippen LogP contribution in [-0.4, -0.2) is 39.1 Å². The van der Waals surface area contributed by atoms with Crippen molar-refractivity contribution in [1.82, 2.24) is 19.4 Å². The molecular formula is C20H25N5. The summed E-state index contributed by atoms with van der Waals surface area (Å²) in [6.45, 7) is 6.25. The third kappa shape index (κ3) is 3.51. The molecule has 1 saturated heterocycles. The highest BCUT2D eigenvalue weighted by Gasteiger charge is 2.23. The van der Waals surface area contributed by atoms with Gasteiger partial charge in [-0.3, -0.25) is 4.90 Å². The van der Waals surface area contributed by atoms with E-state index in [0.717, 1.165) is 43.3 Å². The van der Waals surface area contributed by atoms with E-state index >= 15 is 0 Å². The van der Waals surface area contributed by atoms with E-state index < -0.39 is 0 Å². The average molecular weight is 335 g/mol. The predicted molar refractivity (Wildman–Crippen MR) is 102 cm³/mol. The monoisotopic (exact) mass is 335 g/mol. The summed E-state index contributed by atoms with van der Waals surface area (Å²) in [5.41, 5.74) is 3.54. The lowest BCUT2D eigenvalue weighted by atomic mass is 10.1. The molecule has 5 nitrogen and oxygen atoms in total. The smallest absolute Gasteiger partial charge is 0.126 e. The molecule has 0 radical (unpaired) electrons. The Morgan fingerprint density at radius 3 is 2.96 bits per heavy atom. The molecule has 3 heterocycles. The van der Waals surface area contributed by atoms with Gasteiger partial charge in [-0.2, -0.15) is 0 Å². The molecule has 1 fully saturated rings. The van der Waals surface area contributed by atoms with Crippen LogP contribution in [-0.2, 0) is 13.6 Å². The maximum absolute atomic E-state index is 4.80. The lowest BCUT2D eigenvalue weighted by molar-refractivity contribution is 0.308. The molecule has 0 spiro atoms. The van der Waals surface area contributed by atoms with E-state index in [0.29, 0.717) is 5.92 Å². The van der Waals surface area contributed by atoms with Crippen molar-refractivity contribution in [2.45, 2.75) is 19.9 Å². The minimum absolute atomic E-state index is 0.664. The van der Waals surface area contributed by atoms with E-state index in [1.165, 1.54) is 17.5 Å². The number of fused-ring (bicyclic) bond motifs is 1. The van der Waals surface area contributed by atoms with Gasteiger partial charge in [-0.15, -0.1) is 0 Å². The van der Waals surface area contributed by atoms with Gasteiger partial charge in [0, 0.05) is 26.3 Å². The zero-order valence-corrected chi connectivity index (χ0v) is 14.9. The minimum atomic E-state index is 0.664. The van der Waals surface area contributed by atoms with Crippen molar-refractivity contribution in [3.05, 3.63) is 54.0 Å². The van der Waals surface area contributed by atoms with Gasteiger partial charge < -0.3 is 9.88 Å². The van der Waals surface area contributed by atoms with Gasteiger partial charge in [-0.25, -0.2) is 9.97 Å². The van der Waals surface area contributed by atoms with Crippen molar-refractivity contribution in [1.29, 1.82) is 0 Å². The van der Waals surface area contributed by atoms with Crippen LogP contribution in [0.2, 0.25) is 0 Å². The number of hydrogen-bond acceptors (Lipinski definition) is 4. The molecule has 0 bridgehead atoms. The summed E-state index contributed by atoms with van der Waals surface area (Å²) in [7, 11) is 2.11. The molecule has 4 rings (SSSR count). The summed E-state index contributed by atoms with van der Waals surface area (Å²) < 4.78 is 2.22. The van der Waals surface area contributed by atoms with Crippen molar-refractivity contribution < 1.29 is 0 Å². The van der Waals surface area contributed by atoms with Crippen LogP contribution < -0.4 is 5.32 Å². The quantitative estimate of drug-likeness (QED) is 0.778. The lowest BCUT2D eigenvalue weighted by Gasteiger charge is -2.16. The number of hydrogen-bond donors (Lipinski definition) is 1. The van der Waals surface area contributed by atoms with E-state index in [2.05, 4.69) is 64.1 Å². The Bertz CT molecular complexity index is 869. The first-order valence-corrected chi connectivity index (χ1v) is 8.98. The lowest BCUT2D eigenvalue weighted by Crippen LogP contribution is -2.24. The summed E-state index contributed by atoms with van der Waals surface area (Å²) in [6.07, 6.45) is 3.09. The second-order valence-corrected chi connectivity index (χ2v) is 7.06. The van der Waals surface area contributed by atoms with Crippen molar-refractivity contribution >= 4 is 16.9 Å². The largest absolute Gasteiger partial charge is 0.370 e. The Labute approximate surface area is 148 Å². The number of anilines is 1. The number of nitrogens with one attached hydrogen (secondary N) is 1. The van der Waals surface area contributed by atoms with Gasteiger partial charge in [-0.05, 0) is 55.6 Å². The van der Waals surface area contributed by atoms with Crippen LogP contribution in [0.1, 0.15) is 17.8 Å². The van der Waals surface area contributed by atoms with Gasteiger partial charge in [0.1, 0.15) is 11.6 Å². The summed E-state index contributed by atoms with van der Waals surface area (Å²) in [5.74, 6) is 2.79. The molecule has 1 atom stereocenters. The molecule has 0 saturated carbocycles. The Morgan fingerprint density at radius 1 is 1.24 bits per heavy atom. The first kappa shape index (κ1) is 16.1. The van der Waals surface area contributed by atoms with E-state index in [9.17, 15) is 0 Å². The molecule has 3 aromatic rings. The third-order valence-electron chi connectivity index (χ3n) is 5.10. The van der Waals surface area contributed by atoms with E-state index in [4.69, 9.17) is 4.98 Å². The maximum atomic E-state index is 4.80. The first-order chi connectivity index (χ1) is 12.2. The average Bonchev–Trinajstić information content (AvgIpc) is 3.19. The molecule has 1 aromatic carbocycles. The Kier molecular flexibility index (Phi) is 4.40. The van der Waals surface area contributed by atoms with Gasteiger partial charge in [0.15, 0.2) is 0 Å². The summed E-state index contributed by atoms with van der Waals surface area (Å²) in [6, 6.07) is 12.5. The summed E-state index contributed by atoms with van der Waals surface area (Å²) >= 11 is 0. The van der Waals surface area contributed by atoms with Gasteiger partial charge in [-0.1, -0.05) is 12.1 Å². The first-order valence-electron chi connectivity index (χ1n) is 8.98. The van der Waals surface area contributed by atoms with Crippen molar-refractivity contribution in [2.24, 2.45) is 13.0 Å². The van der Waals surface area contributed by atoms with Gasteiger partial charge in [0.25, 0.3) is 0 Å². The van der Waals surface area contributed by atoms with Crippen LogP contribution in [0.4, 0.5) is 5.82 Å². The van der Waals surface area contributed by atoms with Crippen molar-refractivity contribution in [3.63, 3.8) is 0 Å². The fourth-order valence-electron chi connectivity index (χ4n) is 3.64. The fourth-order valence-corrected chi connectivity index (χ4v) is 3.64. The fraction of sp³-hybridized carbons (Fsp3) is 0.400. The number of nitrogens with zero attached hydrogens (tertiary/aromatic N) is 4. The number of para-hydroxylation sites is 2. The van der Waals surface area contributed by atoms with Crippen LogP contribution >= 0.6 is 0 Å². The number of aryl methyl sites for hydroxylation is 2. The Balaban J connectivity index is 1.35. The highest BCUT2D eigenvalue weighted by Crippen LogP contribution is 2.21. The molecule has 0 unspecified atom stereocenters. The molecule has 1 aliphatic heterocycles. The molecule has 130 valence electrons.